The maximum atomic E-state index is 8.56. The van der Waals surface area contributed by atoms with Gasteiger partial charge >= 0.3 is 0 Å². The second kappa shape index (κ2) is 26.8. The van der Waals surface area contributed by atoms with Crippen molar-refractivity contribution in [1.82, 2.24) is 0 Å². The van der Waals surface area contributed by atoms with Crippen LogP contribution in [-0.2, 0) is 28.2 Å². The minimum atomic E-state index is -2.88. The van der Waals surface area contributed by atoms with Gasteiger partial charge in [-0.2, -0.15) is 0 Å². The Morgan fingerprint density at radius 1 is 0.325 bits per heavy atom. The molecule has 80 heavy (non-hydrogen) atoms. The molecule has 424 valence electrons. The zero-order chi connectivity index (χ0) is 91.3. The normalized spacial score (nSPS) is 22.7. The molecule has 0 bridgehead atoms. The Morgan fingerprint density at radius 3 is 1.15 bits per heavy atom. The number of hydrogen-bond donors (Lipinski definition) is 0. The topological polar surface area (TPSA) is 15.5 Å². The summed E-state index contributed by atoms with van der Waals surface area (Å²) in [5.74, 6) is -8.46. The van der Waals surface area contributed by atoms with E-state index < -0.39 is 98.9 Å². The van der Waals surface area contributed by atoms with Gasteiger partial charge in [0.2, 0.25) is 22.8 Å². The second-order valence-corrected chi connectivity index (χ2v) is 21.0. The highest BCUT2D eigenvalue weighted by molar-refractivity contribution is 5.68. The Balaban J connectivity index is 0.000000281. The fourth-order valence-corrected chi connectivity index (χ4v) is 9.71. The Bertz CT molecular complexity index is 4930. The van der Waals surface area contributed by atoms with Crippen molar-refractivity contribution in [2.45, 2.75) is 189 Å². The van der Waals surface area contributed by atoms with Gasteiger partial charge in [0.05, 0.1) is 0 Å². The first-order valence-corrected chi connectivity index (χ1v) is 26.1. The van der Waals surface area contributed by atoms with Gasteiger partial charge in [-0.3, -0.25) is 0 Å². The first-order chi connectivity index (χ1) is 51.9. The van der Waals surface area contributed by atoms with Crippen LogP contribution in [0.15, 0.2) is 97.6 Å². The van der Waals surface area contributed by atoms with E-state index in [1.165, 1.54) is 68.2 Å². The van der Waals surface area contributed by atoms with E-state index in [1.54, 1.807) is 104 Å². The summed E-state index contributed by atoms with van der Waals surface area (Å²) in [6.07, 6.45) is 5.98. The predicted octanol–water partition coefficient (Wildman–Crippen LogP) is 18.1. The largest absolute Gasteiger partial charge is 0.215 e. The molecular formula is C76H104N4+4. The molecule has 4 heteroatoms. The van der Waals surface area contributed by atoms with Crippen LogP contribution in [0.4, 0.5) is 0 Å². The lowest BCUT2D eigenvalue weighted by Gasteiger charge is -2.16. The summed E-state index contributed by atoms with van der Waals surface area (Å²) < 4.78 is 296. The summed E-state index contributed by atoms with van der Waals surface area (Å²) in [4.78, 5) is 0. The summed E-state index contributed by atoms with van der Waals surface area (Å²) in [6.45, 7) is -6.84. The minimum Gasteiger partial charge on any atom is -0.201 e. The smallest absolute Gasteiger partial charge is 0.201 e. The van der Waals surface area contributed by atoms with Gasteiger partial charge in [0, 0.05) is 118 Å². The fourth-order valence-electron chi connectivity index (χ4n) is 9.71. The third kappa shape index (κ3) is 14.7. The van der Waals surface area contributed by atoms with E-state index in [2.05, 4.69) is 0 Å². The van der Waals surface area contributed by atoms with E-state index >= 15 is 0 Å². The standard InChI is InChI=1S/C21H30N.2C19H26N.C17H22N/c1-13(2)18-10-20(16(6)9-15(18)5)21-11-19(14(3)4)17(7)12-22(21)8;1-12(2)17-10-18(15(5)8-14(17)4)19-9-13(3)16(6)11-20(19)7;1-12(2)17-8-9-18(13(3)10-17)19-16(6)15(5)14(4)11-20(19)7;1-11-7-8-16(12(2)9-11)17-15(5)14(4)13(3)10-18(17)6/h9-14H,1-8H3;2*8-12H,1-7H3;7-10H,1-6H3/q4*+1/i1D3,3D3,5D3,7D3,13D,14D;1D3,4D3,6D3,12D;1D3,4D3,12D;1D3,3D3. The van der Waals surface area contributed by atoms with Crippen molar-refractivity contribution < 1.29 is 69.0 Å². The maximum absolute atomic E-state index is 8.56. The Kier molecular flexibility index (Phi) is 9.88. The zero-order valence-corrected chi connectivity index (χ0v) is 49.5. The molecule has 0 aliphatic rings. The van der Waals surface area contributed by atoms with E-state index in [0.29, 0.717) is 50.2 Å². The van der Waals surface area contributed by atoms with Gasteiger partial charge in [-0.25, -0.2) is 18.3 Å². The molecule has 0 saturated carbocycles. The molecule has 8 rings (SSSR count). The van der Waals surface area contributed by atoms with Crippen molar-refractivity contribution in [2.24, 2.45) is 28.2 Å². The Morgan fingerprint density at radius 2 is 0.725 bits per heavy atom. The van der Waals surface area contributed by atoms with E-state index in [4.69, 9.17) is 50.7 Å². The van der Waals surface area contributed by atoms with Crippen LogP contribution in [0.3, 0.4) is 0 Å². The highest BCUT2D eigenvalue weighted by Crippen LogP contribution is 2.33. The number of pyridine rings is 4. The van der Waals surface area contributed by atoms with Crippen LogP contribution in [0.1, 0.15) is 241 Å². The minimum absolute atomic E-state index is 0.0966. The number of hydrogen-bond acceptors (Lipinski definition) is 0. The highest BCUT2D eigenvalue weighted by Gasteiger charge is 2.23. The van der Waals surface area contributed by atoms with Gasteiger partial charge in [0.15, 0.2) is 24.8 Å². The molecule has 0 aliphatic carbocycles. The SMILES string of the molecule is [2H]C([2H])([2H])c1c[n+](C)c(-c2cc(C([2H])(C)C([2H])([2H])[2H])c(C([2H])([2H])[2H])cc2C)cc1C.[2H]C([2H])([2H])c1c[n+](C)c(-c2ccc(C([2H])(C)C([2H])([2H])[2H])cc2C)c(C)c1C.[2H]C([2H])([2H])c1cc(C)c(-c2cc(C([2H])(C)C([2H])([2H])[2H])c(C([2H])([2H])[2H])c[n+]2C)cc1C([2H])(C)C([2H])([2H])[2H].[2H]C([2H])([2H])c1ccc(-c2c(C)c(C)c(C([2H])([2H])[2H])c[n+]2C)c(C)c1. The number of aromatic nitrogens is 4. The van der Waals surface area contributed by atoms with Crippen LogP contribution in [0.25, 0.3) is 45.0 Å². The number of rotatable bonds is 8. The van der Waals surface area contributed by atoms with Crippen LogP contribution in [-0.4, -0.2) is 0 Å². The van der Waals surface area contributed by atoms with Gasteiger partial charge in [0.1, 0.15) is 28.2 Å². The van der Waals surface area contributed by atoms with E-state index in [0.717, 1.165) is 69.7 Å². The summed E-state index contributed by atoms with van der Waals surface area (Å²) in [6, 6.07) is 18.7. The molecule has 8 aromatic rings. The van der Waals surface area contributed by atoms with Crippen LogP contribution in [0.2, 0.25) is 0 Å². The first kappa shape index (κ1) is 29.5. The van der Waals surface area contributed by atoms with Crippen molar-refractivity contribution in [3.8, 4) is 45.0 Å². The summed E-state index contributed by atoms with van der Waals surface area (Å²) in [5.41, 5.74) is 11.8. The Hall–Kier alpha value is -6.52. The molecule has 4 atom stereocenters. The van der Waals surface area contributed by atoms with Crippen LogP contribution >= 0.6 is 0 Å². The number of benzene rings is 4. The van der Waals surface area contributed by atoms with Gasteiger partial charge in [-0.1, -0.05) is 97.1 Å². The molecule has 0 fully saturated rings. The summed E-state index contributed by atoms with van der Waals surface area (Å²) in [5, 5.41) is 0. The molecule has 0 N–H and O–H groups in total. The van der Waals surface area contributed by atoms with E-state index in [9.17, 15) is 0 Å². The van der Waals surface area contributed by atoms with Crippen LogP contribution in [0.5, 0.6) is 0 Å². The first-order valence-electron chi connectivity index (χ1n) is 44.6. The molecule has 0 spiro atoms. The third-order valence-electron chi connectivity index (χ3n) is 14.6. The lowest BCUT2D eigenvalue weighted by Crippen LogP contribution is -2.33. The van der Waals surface area contributed by atoms with Gasteiger partial charge in [-0.05, 0) is 230 Å². The molecule has 4 heterocycles. The van der Waals surface area contributed by atoms with Crippen molar-refractivity contribution in [1.29, 1.82) is 0 Å². The van der Waals surface area contributed by atoms with E-state index in [1.807, 2.05) is 47.7 Å². The molecule has 0 aliphatic heterocycles. The average molecular weight is 1110 g/mol. The predicted molar refractivity (Wildman–Crippen MR) is 344 cm³/mol. The zero-order valence-electron chi connectivity index (χ0n) is 86.5. The molecule has 4 aromatic carbocycles. The lowest BCUT2D eigenvalue weighted by molar-refractivity contribution is -0.661. The molecule has 4 aromatic heterocycles. The van der Waals surface area contributed by atoms with E-state index in [-0.39, 0.29) is 50.2 Å². The molecule has 4 nitrogen and oxygen atoms in total. The Labute approximate surface area is 539 Å². The summed E-state index contributed by atoms with van der Waals surface area (Å²) >= 11 is 0. The third-order valence-corrected chi connectivity index (χ3v) is 14.6. The van der Waals surface area contributed by atoms with Crippen molar-refractivity contribution in [3.63, 3.8) is 0 Å². The van der Waals surface area contributed by atoms with Gasteiger partial charge in [-0.15, -0.1) is 0 Å². The lowest BCUT2D eigenvalue weighted by atomic mass is 9.90. The highest BCUT2D eigenvalue weighted by atomic mass is 14.9. The quantitative estimate of drug-likeness (QED) is 0.135. The summed E-state index contributed by atoms with van der Waals surface area (Å²) in [7, 11) is 6.80. The number of aryl methyl sites for hydroxylation is 16. The molecule has 0 radical (unpaired) electrons. The molecule has 0 saturated heterocycles. The van der Waals surface area contributed by atoms with Crippen LogP contribution < -0.4 is 18.3 Å². The number of nitrogens with zero attached hydrogens (tertiary/aromatic N) is 4. The van der Waals surface area contributed by atoms with Crippen molar-refractivity contribution >= 4 is 0 Å². The van der Waals surface area contributed by atoms with Crippen LogP contribution in [0, 0.1) is 110 Å². The monoisotopic (exact) mass is 1110 g/mol. The average Bonchev–Trinajstić information content (AvgIpc) is 0.753. The van der Waals surface area contributed by atoms with Crippen molar-refractivity contribution in [2.75, 3.05) is 0 Å². The maximum Gasteiger partial charge on any atom is 0.215 e. The fraction of sp³-hybridized carbons (Fsp3) is 0.421. The molecule has 4 unspecified atom stereocenters. The molecular weight excluding hydrogens is 969 g/mol. The second-order valence-electron chi connectivity index (χ2n) is 21.0. The van der Waals surface area contributed by atoms with Gasteiger partial charge < -0.3 is 0 Å². The van der Waals surface area contributed by atoms with Gasteiger partial charge in [0.25, 0.3) is 0 Å². The molecule has 0 amide bonds. The van der Waals surface area contributed by atoms with Crippen molar-refractivity contribution in [3.05, 3.63) is 209 Å².